The Morgan fingerprint density at radius 3 is 2.50 bits per heavy atom. The molecule has 0 saturated heterocycles. The van der Waals surface area contributed by atoms with E-state index in [-0.39, 0.29) is 12.6 Å². The van der Waals surface area contributed by atoms with E-state index in [9.17, 15) is 14.4 Å². The highest BCUT2D eigenvalue weighted by Gasteiger charge is 2.15. The third kappa shape index (κ3) is 3.85. The van der Waals surface area contributed by atoms with Crippen LogP contribution in [0.15, 0.2) is 24.3 Å². The van der Waals surface area contributed by atoms with Crippen molar-refractivity contribution in [1.29, 1.82) is 0 Å². The van der Waals surface area contributed by atoms with Gasteiger partial charge in [0.25, 0.3) is 11.9 Å². The van der Waals surface area contributed by atoms with Crippen LogP contribution >= 0.6 is 0 Å². The largest absolute Gasteiger partial charge is 0.459 e. The Labute approximate surface area is 124 Å². The van der Waals surface area contributed by atoms with Crippen LogP contribution in [0, 0.1) is 0 Å². The van der Waals surface area contributed by atoms with Crippen LogP contribution in [-0.2, 0) is 14.3 Å². The fraction of sp³-hybridized carbons (Fsp3) is 0.167. The van der Waals surface area contributed by atoms with Crippen LogP contribution in [0.25, 0.3) is 0 Å². The summed E-state index contributed by atoms with van der Waals surface area (Å²) < 4.78 is 4.56. The molecule has 0 aliphatic carbocycles. The predicted octanol–water partition coefficient (Wildman–Crippen LogP) is -0.0464. The predicted molar refractivity (Wildman–Crippen MR) is 73.8 cm³/mol. The summed E-state index contributed by atoms with van der Waals surface area (Å²) in [4.78, 5) is 34.5. The number of anilines is 2. The molecule has 114 valence electrons. The van der Waals surface area contributed by atoms with Gasteiger partial charge in [0.2, 0.25) is 0 Å². The molecule has 0 spiro atoms. The summed E-state index contributed by atoms with van der Waals surface area (Å²) in [6.45, 7) is 1.71. The first-order valence-electron chi connectivity index (χ1n) is 6.23. The van der Waals surface area contributed by atoms with Crippen LogP contribution in [0.5, 0.6) is 0 Å². The molecule has 0 fully saturated rings. The van der Waals surface area contributed by atoms with Crippen molar-refractivity contribution in [2.75, 3.05) is 17.2 Å². The second kappa shape index (κ2) is 6.92. The number of carbonyl (C=O) groups is 3. The van der Waals surface area contributed by atoms with Crippen molar-refractivity contribution in [2.45, 2.75) is 6.92 Å². The van der Waals surface area contributed by atoms with Crippen molar-refractivity contribution < 1.29 is 19.1 Å². The number of benzene rings is 1. The lowest BCUT2D eigenvalue weighted by Crippen LogP contribution is -2.25. The number of aromatic amines is 1. The van der Waals surface area contributed by atoms with Crippen LogP contribution < -0.4 is 10.6 Å². The van der Waals surface area contributed by atoms with Crippen molar-refractivity contribution in [3.63, 3.8) is 0 Å². The van der Waals surface area contributed by atoms with Crippen LogP contribution in [0.1, 0.15) is 17.3 Å². The summed E-state index contributed by atoms with van der Waals surface area (Å²) in [5.41, 5.74) is 0.674. The monoisotopic (exact) mass is 304 g/mol. The Balaban J connectivity index is 1.96. The van der Waals surface area contributed by atoms with Gasteiger partial charge < -0.3 is 10.1 Å². The number of rotatable bonds is 4. The maximum atomic E-state index is 11.8. The highest BCUT2D eigenvalue weighted by Crippen LogP contribution is 2.10. The lowest BCUT2D eigenvalue weighted by Gasteiger charge is -2.05. The third-order valence-corrected chi connectivity index (χ3v) is 2.44. The molecule has 1 aromatic heterocycles. The van der Waals surface area contributed by atoms with E-state index < -0.39 is 17.8 Å². The maximum absolute atomic E-state index is 11.8. The summed E-state index contributed by atoms with van der Waals surface area (Å²) in [6, 6.07) is 5.89. The van der Waals surface area contributed by atoms with Gasteiger partial charge in [-0.3, -0.25) is 14.9 Å². The maximum Gasteiger partial charge on any atom is 0.397 e. The number of hydrogen-bond acceptors (Lipinski definition) is 7. The quantitative estimate of drug-likeness (QED) is 0.531. The van der Waals surface area contributed by atoms with E-state index in [1.54, 1.807) is 6.92 Å². The first kappa shape index (κ1) is 15.1. The molecular formula is C12H12N6O4. The standard InChI is InChI=1S/C12H12N6O4/c1-2-22-11(21)10(20)13-8-5-3-7(4-6-8)9(19)14-12-15-17-18-16-12/h3-6H,2H2,1H3,(H,13,20)(H2,14,15,16,17,18,19). The van der Waals surface area contributed by atoms with Crippen molar-refractivity contribution in [1.82, 2.24) is 20.6 Å². The van der Waals surface area contributed by atoms with E-state index in [0.29, 0.717) is 11.3 Å². The molecule has 22 heavy (non-hydrogen) atoms. The van der Waals surface area contributed by atoms with Gasteiger partial charge in [0.05, 0.1) is 6.61 Å². The summed E-state index contributed by atoms with van der Waals surface area (Å²) in [7, 11) is 0. The first-order valence-corrected chi connectivity index (χ1v) is 6.23. The second-order valence-electron chi connectivity index (χ2n) is 3.94. The van der Waals surface area contributed by atoms with E-state index in [0.717, 1.165) is 0 Å². The molecule has 0 bridgehead atoms. The number of aromatic nitrogens is 4. The smallest absolute Gasteiger partial charge is 0.397 e. The van der Waals surface area contributed by atoms with Crippen LogP contribution in [0.3, 0.4) is 0 Å². The van der Waals surface area contributed by atoms with E-state index in [4.69, 9.17) is 0 Å². The van der Waals surface area contributed by atoms with Crippen molar-refractivity contribution in [3.05, 3.63) is 29.8 Å². The Bertz CT molecular complexity index is 667. The van der Waals surface area contributed by atoms with E-state index >= 15 is 0 Å². The molecule has 2 rings (SSSR count). The van der Waals surface area contributed by atoms with Crippen LogP contribution in [0.4, 0.5) is 11.6 Å². The molecule has 0 saturated carbocycles. The van der Waals surface area contributed by atoms with Gasteiger partial charge in [-0.2, -0.15) is 5.21 Å². The third-order valence-electron chi connectivity index (χ3n) is 2.44. The fourth-order valence-corrected chi connectivity index (χ4v) is 1.47. The van der Waals surface area contributed by atoms with Crippen molar-refractivity contribution in [2.24, 2.45) is 0 Å². The zero-order valence-corrected chi connectivity index (χ0v) is 11.5. The highest BCUT2D eigenvalue weighted by atomic mass is 16.5. The van der Waals surface area contributed by atoms with E-state index in [1.165, 1.54) is 24.3 Å². The number of ether oxygens (including phenoxy) is 1. The topological polar surface area (TPSA) is 139 Å². The zero-order chi connectivity index (χ0) is 15.9. The molecule has 0 aliphatic rings. The minimum atomic E-state index is -0.971. The Kier molecular flexibility index (Phi) is 4.75. The van der Waals surface area contributed by atoms with E-state index in [1.807, 2.05) is 0 Å². The molecule has 3 N–H and O–H groups in total. The highest BCUT2D eigenvalue weighted by molar-refractivity contribution is 6.37. The fourth-order valence-electron chi connectivity index (χ4n) is 1.47. The lowest BCUT2D eigenvalue weighted by molar-refractivity contribution is -0.152. The normalized spacial score (nSPS) is 9.86. The minimum absolute atomic E-state index is 0.0460. The summed E-state index contributed by atoms with van der Waals surface area (Å²) in [5.74, 6) is -2.25. The molecule has 2 amide bonds. The number of nitrogens with one attached hydrogen (secondary N) is 3. The average Bonchev–Trinajstić information content (AvgIpc) is 3.01. The molecule has 2 aromatic rings. The molecular weight excluding hydrogens is 292 g/mol. The summed E-state index contributed by atoms with van der Waals surface area (Å²) in [6.07, 6.45) is 0. The van der Waals surface area contributed by atoms with Gasteiger partial charge in [-0.1, -0.05) is 5.10 Å². The molecule has 1 aromatic carbocycles. The Morgan fingerprint density at radius 1 is 1.18 bits per heavy atom. The van der Waals surface area contributed by atoms with Gasteiger partial charge in [-0.25, -0.2) is 4.79 Å². The van der Waals surface area contributed by atoms with Gasteiger partial charge in [0, 0.05) is 11.3 Å². The SMILES string of the molecule is CCOC(=O)C(=O)Nc1ccc(C(=O)Nc2nn[nH]n2)cc1. The van der Waals surface area contributed by atoms with Gasteiger partial charge in [0.15, 0.2) is 0 Å². The van der Waals surface area contributed by atoms with Gasteiger partial charge in [-0.05, 0) is 36.4 Å². The number of tetrazole rings is 1. The van der Waals surface area contributed by atoms with E-state index in [2.05, 4.69) is 36.0 Å². The van der Waals surface area contributed by atoms with Gasteiger partial charge in [0.1, 0.15) is 0 Å². The van der Waals surface area contributed by atoms with Crippen LogP contribution in [0.2, 0.25) is 0 Å². The molecule has 10 heteroatoms. The number of H-pyrrole nitrogens is 1. The number of nitrogens with zero attached hydrogens (tertiary/aromatic N) is 3. The Hall–Kier alpha value is -3.30. The van der Waals surface area contributed by atoms with Gasteiger partial charge >= 0.3 is 11.9 Å². The number of hydrogen-bond donors (Lipinski definition) is 3. The molecule has 0 radical (unpaired) electrons. The zero-order valence-electron chi connectivity index (χ0n) is 11.5. The van der Waals surface area contributed by atoms with Crippen molar-refractivity contribution in [3.8, 4) is 0 Å². The number of amides is 2. The summed E-state index contributed by atoms with van der Waals surface area (Å²) in [5, 5.41) is 17.5. The van der Waals surface area contributed by atoms with Crippen LogP contribution in [-0.4, -0.2) is 45.0 Å². The minimum Gasteiger partial charge on any atom is -0.459 e. The average molecular weight is 304 g/mol. The second-order valence-corrected chi connectivity index (χ2v) is 3.94. The number of carbonyl (C=O) groups excluding carboxylic acids is 3. The first-order chi connectivity index (χ1) is 10.6. The molecule has 1 heterocycles. The number of esters is 1. The molecule has 10 nitrogen and oxygen atoms in total. The Morgan fingerprint density at radius 2 is 1.91 bits per heavy atom. The molecule has 0 unspecified atom stereocenters. The van der Waals surface area contributed by atoms with Gasteiger partial charge in [-0.15, -0.1) is 5.10 Å². The lowest BCUT2D eigenvalue weighted by atomic mass is 10.2. The molecule has 0 atom stereocenters. The summed E-state index contributed by atoms with van der Waals surface area (Å²) >= 11 is 0. The molecule has 0 aliphatic heterocycles. The van der Waals surface area contributed by atoms with Crippen molar-refractivity contribution >= 4 is 29.4 Å².